The fraction of sp³-hybridized carbons (Fsp3) is 0.350. The lowest BCUT2D eigenvalue weighted by Gasteiger charge is -2.27. The smallest absolute Gasteiger partial charge is 0.261 e. The first-order valence-electron chi connectivity index (χ1n) is 9.34. The molecule has 10 heteroatoms. The number of halogens is 2. The van der Waals surface area contributed by atoms with Crippen molar-refractivity contribution in [2.45, 2.75) is 24.5 Å². The fourth-order valence-corrected chi connectivity index (χ4v) is 5.05. The minimum atomic E-state index is -3.68. The zero-order valence-corrected chi connectivity index (χ0v) is 18.6. The Morgan fingerprint density at radius 3 is 2.60 bits per heavy atom. The molecule has 1 N–H and O–H groups in total. The number of nitrogens with one attached hydrogen (secondary N) is 1. The number of benzene rings is 2. The molecule has 162 valence electrons. The largest absolute Gasteiger partial charge is 0.479 e. The van der Waals surface area contributed by atoms with Crippen molar-refractivity contribution in [3.05, 3.63) is 58.1 Å². The van der Waals surface area contributed by atoms with E-state index >= 15 is 0 Å². The van der Waals surface area contributed by atoms with Crippen molar-refractivity contribution in [1.82, 2.24) is 9.62 Å². The quantitative estimate of drug-likeness (QED) is 0.668. The van der Waals surface area contributed by atoms with E-state index in [1.54, 1.807) is 43.3 Å². The van der Waals surface area contributed by atoms with E-state index in [2.05, 4.69) is 5.32 Å². The molecule has 0 aromatic heterocycles. The lowest BCUT2D eigenvalue weighted by Crippen LogP contribution is -2.41. The van der Waals surface area contributed by atoms with Crippen molar-refractivity contribution in [3.63, 3.8) is 0 Å². The summed E-state index contributed by atoms with van der Waals surface area (Å²) < 4.78 is 38.2. The summed E-state index contributed by atoms with van der Waals surface area (Å²) in [6.07, 6.45) is -0.841. The molecule has 1 unspecified atom stereocenters. The van der Waals surface area contributed by atoms with Gasteiger partial charge in [-0.15, -0.1) is 0 Å². The van der Waals surface area contributed by atoms with Crippen molar-refractivity contribution >= 4 is 39.1 Å². The summed E-state index contributed by atoms with van der Waals surface area (Å²) in [5, 5.41) is 3.48. The van der Waals surface area contributed by atoms with E-state index in [-0.39, 0.29) is 11.4 Å². The summed E-state index contributed by atoms with van der Waals surface area (Å²) in [6, 6.07) is 11.3. The molecule has 0 spiro atoms. The molecule has 30 heavy (non-hydrogen) atoms. The van der Waals surface area contributed by atoms with Gasteiger partial charge in [0.05, 0.1) is 23.1 Å². The summed E-state index contributed by atoms with van der Waals surface area (Å²) in [4.78, 5) is 12.6. The van der Waals surface area contributed by atoms with Crippen LogP contribution >= 0.6 is 23.2 Å². The van der Waals surface area contributed by atoms with Gasteiger partial charge in [-0.2, -0.15) is 4.31 Å². The molecule has 2 aromatic carbocycles. The Morgan fingerprint density at radius 1 is 1.20 bits per heavy atom. The van der Waals surface area contributed by atoms with Gasteiger partial charge in [-0.3, -0.25) is 4.79 Å². The number of amides is 1. The topological polar surface area (TPSA) is 84.9 Å². The van der Waals surface area contributed by atoms with Gasteiger partial charge in [-0.25, -0.2) is 8.42 Å². The van der Waals surface area contributed by atoms with E-state index in [0.717, 1.165) is 0 Å². The number of nitrogens with zero attached hydrogens (tertiary/aromatic N) is 1. The first-order chi connectivity index (χ1) is 14.3. The highest BCUT2D eigenvalue weighted by Crippen LogP contribution is 2.28. The minimum absolute atomic E-state index is 0.0423. The van der Waals surface area contributed by atoms with Crippen molar-refractivity contribution in [2.24, 2.45) is 0 Å². The molecule has 1 amide bonds. The monoisotopic (exact) mass is 472 g/mol. The second-order valence-electron chi connectivity index (χ2n) is 6.68. The molecule has 1 aliphatic rings. The number of rotatable bonds is 7. The van der Waals surface area contributed by atoms with Gasteiger partial charge in [0.1, 0.15) is 5.75 Å². The zero-order chi connectivity index (χ0) is 21.7. The van der Waals surface area contributed by atoms with Crippen molar-refractivity contribution in [2.75, 3.05) is 26.3 Å². The fourth-order valence-electron chi connectivity index (χ4n) is 2.97. The van der Waals surface area contributed by atoms with Crippen LogP contribution in [0.5, 0.6) is 5.75 Å². The normalized spacial score (nSPS) is 16.1. The molecule has 0 aliphatic carbocycles. The van der Waals surface area contributed by atoms with Gasteiger partial charge in [0.25, 0.3) is 5.91 Å². The van der Waals surface area contributed by atoms with Gasteiger partial charge < -0.3 is 14.8 Å². The van der Waals surface area contributed by atoms with Crippen molar-refractivity contribution in [1.29, 1.82) is 0 Å². The molecule has 3 rings (SSSR count). The Labute approximate surface area is 185 Å². The lowest BCUT2D eigenvalue weighted by atomic mass is 10.2. The summed E-state index contributed by atoms with van der Waals surface area (Å²) >= 11 is 11.9. The number of morpholine rings is 1. The molecule has 0 radical (unpaired) electrons. The highest BCUT2D eigenvalue weighted by atomic mass is 35.5. The molecule has 1 saturated heterocycles. The van der Waals surface area contributed by atoms with Gasteiger partial charge in [0.2, 0.25) is 10.0 Å². The van der Waals surface area contributed by atoms with E-state index in [1.165, 1.54) is 10.4 Å². The van der Waals surface area contributed by atoms with Crippen LogP contribution in [0, 0.1) is 0 Å². The average molecular weight is 473 g/mol. The number of hydrogen-bond acceptors (Lipinski definition) is 5. The lowest BCUT2D eigenvalue weighted by molar-refractivity contribution is -0.127. The number of carbonyl (C=O) groups excluding carboxylic acids is 1. The van der Waals surface area contributed by atoms with E-state index in [4.69, 9.17) is 32.7 Å². The molecule has 0 saturated carbocycles. The standard InChI is InChI=1S/C20H22Cl2N2O5S/c1-14(29-18-7-6-16(21)12-17(18)22)20(25)23-13-15-4-2-3-5-19(15)30(26,27)24-8-10-28-11-9-24/h2-7,12,14H,8-11,13H2,1H3,(H,23,25). The van der Waals surface area contributed by atoms with E-state index < -0.39 is 22.0 Å². The summed E-state index contributed by atoms with van der Waals surface area (Å²) in [6.45, 7) is 2.95. The molecular weight excluding hydrogens is 451 g/mol. The van der Waals surface area contributed by atoms with Crippen molar-refractivity contribution in [3.8, 4) is 5.75 Å². The van der Waals surface area contributed by atoms with Crippen LogP contribution in [0.2, 0.25) is 10.0 Å². The predicted octanol–water partition coefficient (Wildman–Crippen LogP) is 3.10. The van der Waals surface area contributed by atoms with Crippen LogP contribution in [0.25, 0.3) is 0 Å². The highest BCUT2D eigenvalue weighted by molar-refractivity contribution is 7.89. The van der Waals surface area contributed by atoms with Crippen molar-refractivity contribution < 1.29 is 22.7 Å². The summed E-state index contributed by atoms with van der Waals surface area (Å²) in [7, 11) is -3.68. The molecule has 1 heterocycles. The third-order valence-electron chi connectivity index (χ3n) is 4.58. The molecule has 1 fully saturated rings. The minimum Gasteiger partial charge on any atom is -0.479 e. The summed E-state index contributed by atoms with van der Waals surface area (Å²) in [5.41, 5.74) is 0.495. The van der Waals surface area contributed by atoms with E-state index in [9.17, 15) is 13.2 Å². The second-order valence-corrected chi connectivity index (χ2v) is 9.43. The highest BCUT2D eigenvalue weighted by Gasteiger charge is 2.28. The van der Waals surface area contributed by atoms with Crippen LogP contribution in [0.15, 0.2) is 47.4 Å². The van der Waals surface area contributed by atoms with Crippen LogP contribution in [0.4, 0.5) is 0 Å². The number of ether oxygens (including phenoxy) is 2. The Kier molecular flexibility index (Phi) is 7.60. The number of carbonyl (C=O) groups is 1. The maximum absolute atomic E-state index is 13.0. The molecule has 0 bridgehead atoms. The van der Waals surface area contributed by atoms with Gasteiger partial charge in [0.15, 0.2) is 6.10 Å². The first kappa shape index (κ1) is 22.8. The van der Waals surface area contributed by atoms with Gasteiger partial charge >= 0.3 is 0 Å². The maximum Gasteiger partial charge on any atom is 0.261 e. The van der Waals surface area contributed by atoms with Crippen LogP contribution in [-0.2, 0) is 26.1 Å². The zero-order valence-electron chi connectivity index (χ0n) is 16.3. The van der Waals surface area contributed by atoms with Crippen LogP contribution in [-0.4, -0.2) is 51.0 Å². The third-order valence-corrected chi connectivity index (χ3v) is 7.11. The number of sulfonamides is 1. The van der Waals surface area contributed by atoms with Crippen LogP contribution in [0.3, 0.4) is 0 Å². The Morgan fingerprint density at radius 2 is 1.90 bits per heavy atom. The van der Waals surface area contributed by atoms with E-state index in [0.29, 0.717) is 47.7 Å². The SMILES string of the molecule is CC(Oc1ccc(Cl)cc1Cl)C(=O)NCc1ccccc1S(=O)(=O)N1CCOCC1. The van der Waals surface area contributed by atoms with Gasteiger partial charge in [0, 0.05) is 24.7 Å². The third kappa shape index (κ3) is 5.44. The molecule has 7 nitrogen and oxygen atoms in total. The maximum atomic E-state index is 13.0. The molecular formula is C20H22Cl2N2O5S. The molecule has 1 atom stereocenters. The molecule has 2 aromatic rings. The number of hydrogen-bond donors (Lipinski definition) is 1. The van der Waals surface area contributed by atoms with Gasteiger partial charge in [-0.1, -0.05) is 41.4 Å². The van der Waals surface area contributed by atoms with Crippen LogP contribution in [0.1, 0.15) is 12.5 Å². The Bertz CT molecular complexity index is 1010. The average Bonchev–Trinajstić information content (AvgIpc) is 2.74. The molecule has 1 aliphatic heterocycles. The van der Waals surface area contributed by atoms with Gasteiger partial charge in [-0.05, 0) is 36.8 Å². The van der Waals surface area contributed by atoms with E-state index in [1.807, 2.05) is 0 Å². The summed E-state index contributed by atoms with van der Waals surface area (Å²) in [5.74, 6) is -0.0707. The second kappa shape index (κ2) is 9.98. The first-order valence-corrected chi connectivity index (χ1v) is 11.5. The van der Waals surface area contributed by atoms with Crippen LogP contribution < -0.4 is 10.1 Å². The Hall–Kier alpha value is -1.84. The Balaban J connectivity index is 1.67. The predicted molar refractivity (Wildman–Crippen MR) is 114 cm³/mol.